The number of nitrogens with one attached hydrogen (secondary N) is 2. The van der Waals surface area contributed by atoms with Crippen molar-refractivity contribution in [2.24, 2.45) is 4.99 Å². The monoisotopic (exact) mass is 513 g/mol. The lowest BCUT2D eigenvalue weighted by Crippen LogP contribution is -2.52. The number of piperazine rings is 1. The zero-order valence-electron chi connectivity index (χ0n) is 16.1. The smallest absolute Gasteiger partial charge is 0.242 e. The standard InChI is InChI=1S/C20H27N5OS.HI/c1-21-20(22-10-9-18-8-5-15-27-18)23-16-19(26)25-13-11-24(12-14-25)17-6-3-2-4-7-17;/h2-8,15H,9-14,16H2,1H3,(H2,21,22,23);1H. The van der Waals surface area contributed by atoms with Crippen LogP contribution in [-0.2, 0) is 11.2 Å². The van der Waals surface area contributed by atoms with Crippen molar-refractivity contribution in [2.75, 3.05) is 51.2 Å². The van der Waals surface area contributed by atoms with Crippen LogP contribution in [0.2, 0.25) is 0 Å². The third-order valence-corrected chi connectivity index (χ3v) is 5.56. The molecule has 28 heavy (non-hydrogen) atoms. The summed E-state index contributed by atoms with van der Waals surface area (Å²) in [4.78, 5) is 22.3. The highest BCUT2D eigenvalue weighted by atomic mass is 127. The lowest BCUT2D eigenvalue weighted by molar-refractivity contribution is -0.130. The number of hydrogen-bond donors (Lipinski definition) is 2. The molecule has 6 nitrogen and oxygen atoms in total. The number of benzene rings is 1. The summed E-state index contributed by atoms with van der Waals surface area (Å²) in [6.45, 7) is 4.29. The second kappa shape index (κ2) is 11.9. The third-order valence-electron chi connectivity index (χ3n) is 4.63. The molecule has 0 radical (unpaired) electrons. The van der Waals surface area contributed by atoms with E-state index in [1.807, 2.05) is 23.1 Å². The van der Waals surface area contributed by atoms with Gasteiger partial charge in [0.2, 0.25) is 5.91 Å². The van der Waals surface area contributed by atoms with E-state index in [-0.39, 0.29) is 36.4 Å². The molecule has 0 atom stereocenters. The zero-order chi connectivity index (χ0) is 18.9. The van der Waals surface area contributed by atoms with Crippen LogP contribution in [0.15, 0.2) is 52.8 Å². The van der Waals surface area contributed by atoms with E-state index in [0.29, 0.717) is 5.96 Å². The minimum atomic E-state index is 0. The molecule has 8 heteroatoms. The van der Waals surface area contributed by atoms with Gasteiger partial charge in [0.15, 0.2) is 5.96 Å². The summed E-state index contributed by atoms with van der Waals surface area (Å²) < 4.78 is 0. The van der Waals surface area contributed by atoms with Crippen LogP contribution in [0.1, 0.15) is 4.88 Å². The summed E-state index contributed by atoms with van der Waals surface area (Å²) in [5.74, 6) is 0.784. The number of carbonyl (C=O) groups is 1. The Kier molecular flexibility index (Phi) is 9.56. The number of carbonyl (C=O) groups excluding carboxylic acids is 1. The van der Waals surface area contributed by atoms with Gasteiger partial charge in [0.1, 0.15) is 0 Å². The second-order valence-corrected chi connectivity index (χ2v) is 7.42. The van der Waals surface area contributed by atoms with Gasteiger partial charge in [-0.25, -0.2) is 0 Å². The first-order chi connectivity index (χ1) is 13.3. The Morgan fingerprint density at radius 2 is 1.82 bits per heavy atom. The summed E-state index contributed by atoms with van der Waals surface area (Å²) in [7, 11) is 1.73. The van der Waals surface area contributed by atoms with Crippen molar-refractivity contribution in [3.63, 3.8) is 0 Å². The number of amides is 1. The quantitative estimate of drug-likeness (QED) is 0.354. The van der Waals surface area contributed by atoms with Crippen molar-refractivity contribution in [1.29, 1.82) is 0 Å². The molecule has 0 saturated carbocycles. The van der Waals surface area contributed by atoms with Crippen LogP contribution in [0.25, 0.3) is 0 Å². The number of para-hydroxylation sites is 1. The largest absolute Gasteiger partial charge is 0.368 e. The molecule has 2 aromatic rings. The Balaban J connectivity index is 0.00000280. The summed E-state index contributed by atoms with van der Waals surface area (Å²) in [5, 5.41) is 8.47. The van der Waals surface area contributed by atoms with Crippen molar-refractivity contribution < 1.29 is 4.79 Å². The first kappa shape index (κ1) is 22.5. The van der Waals surface area contributed by atoms with Crippen LogP contribution in [0.4, 0.5) is 5.69 Å². The van der Waals surface area contributed by atoms with E-state index < -0.39 is 0 Å². The van der Waals surface area contributed by atoms with Gasteiger partial charge in [-0.3, -0.25) is 9.79 Å². The predicted octanol–water partition coefficient (Wildman–Crippen LogP) is 2.42. The van der Waals surface area contributed by atoms with Gasteiger partial charge in [-0.05, 0) is 30.0 Å². The van der Waals surface area contributed by atoms with Crippen LogP contribution in [0.5, 0.6) is 0 Å². The Hall–Kier alpha value is -1.81. The van der Waals surface area contributed by atoms with Crippen molar-refractivity contribution in [3.8, 4) is 0 Å². The van der Waals surface area contributed by atoms with Gasteiger partial charge >= 0.3 is 0 Å². The minimum Gasteiger partial charge on any atom is -0.368 e. The number of nitrogens with zero attached hydrogens (tertiary/aromatic N) is 3. The molecular weight excluding hydrogens is 485 g/mol. The highest BCUT2D eigenvalue weighted by molar-refractivity contribution is 14.0. The SMILES string of the molecule is CN=C(NCCc1cccs1)NCC(=O)N1CCN(c2ccccc2)CC1.I. The summed E-state index contributed by atoms with van der Waals surface area (Å²) in [5.41, 5.74) is 1.22. The molecule has 0 aliphatic carbocycles. The van der Waals surface area contributed by atoms with Crippen LogP contribution in [0.3, 0.4) is 0 Å². The minimum absolute atomic E-state index is 0. The maximum atomic E-state index is 12.5. The molecule has 0 unspecified atom stereocenters. The summed E-state index contributed by atoms with van der Waals surface area (Å²) in [6, 6.07) is 14.5. The number of thiophene rings is 1. The van der Waals surface area contributed by atoms with E-state index in [1.54, 1.807) is 18.4 Å². The molecule has 3 rings (SSSR count). The van der Waals surface area contributed by atoms with Crippen molar-refractivity contribution in [1.82, 2.24) is 15.5 Å². The number of aliphatic imine (C=N–C) groups is 1. The fourth-order valence-electron chi connectivity index (χ4n) is 3.10. The third kappa shape index (κ3) is 6.66. The van der Waals surface area contributed by atoms with Crippen molar-refractivity contribution in [3.05, 3.63) is 52.7 Å². The van der Waals surface area contributed by atoms with E-state index in [2.05, 4.69) is 50.2 Å². The number of halogens is 1. The Morgan fingerprint density at radius 3 is 2.46 bits per heavy atom. The van der Waals surface area contributed by atoms with E-state index in [1.165, 1.54) is 10.6 Å². The van der Waals surface area contributed by atoms with Crippen molar-refractivity contribution >= 4 is 52.9 Å². The number of hydrogen-bond acceptors (Lipinski definition) is 4. The van der Waals surface area contributed by atoms with Gasteiger partial charge in [-0.1, -0.05) is 24.3 Å². The molecule has 0 spiro atoms. The topological polar surface area (TPSA) is 60.0 Å². The highest BCUT2D eigenvalue weighted by Gasteiger charge is 2.21. The molecule has 2 N–H and O–H groups in total. The molecule has 1 aliphatic rings. The molecule has 1 fully saturated rings. The zero-order valence-corrected chi connectivity index (χ0v) is 19.3. The fraction of sp³-hybridized carbons (Fsp3) is 0.400. The predicted molar refractivity (Wildman–Crippen MR) is 128 cm³/mol. The van der Waals surface area contributed by atoms with Gasteiger partial charge < -0.3 is 20.4 Å². The number of guanidine groups is 1. The van der Waals surface area contributed by atoms with E-state index >= 15 is 0 Å². The van der Waals surface area contributed by atoms with Crippen LogP contribution < -0.4 is 15.5 Å². The summed E-state index contributed by atoms with van der Waals surface area (Å²) in [6.07, 6.45) is 0.952. The summed E-state index contributed by atoms with van der Waals surface area (Å²) >= 11 is 1.75. The maximum Gasteiger partial charge on any atom is 0.242 e. The van der Waals surface area contributed by atoms with Gasteiger partial charge in [-0.15, -0.1) is 35.3 Å². The Morgan fingerprint density at radius 1 is 1.07 bits per heavy atom. The number of anilines is 1. The molecule has 1 aliphatic heterocycles. The van der Waals surface area contributed by atoms with Gasteiger partial charge in [0.25, 0.3) is 0 Å². The van der Waals surface area contributed by atoms with Crippen LogP contribution in [-0.4, -0.2) is 63.1 Å². The molecule has 1 aromatic heterocycles. The van der Waals surface area contributed by atoms with Crippen LogP contribution in [0, 0.1) is 0 Å². The Bertz CT molecular complexity index is 730. The lowest BCUT2D eigenvalue weighted by atomic mass is 10.2. The first-order valence-corrected chi connectivity index (χ1v) is 10.2. The normalized spacial score (nSPS) is 14.4. The molecule has 1 amide bonds. The average molecular weight is 513 g/mol. The fourth-order valence-corrected chi connectivity index (χ4v) is 3.81. The average Bonchev–Trinajstić information content (AvgIpc) is 3.24. The molecule has 1 aromatic carbocycles. The maximum absolute atomic E-state index is 12.5. The van der Waals surface area contributed by atoms with E-state index in [0.717, 1.165) is 39.1 Å². The van der Waals surface area contributed by atoms with Crippen LogP contribution >= 0.6 is 35.3 Å². The number of rotatable bonds is 6. The van der Waals surface area contributed by atoms with Gasteiger partial charge in [-0.2, -0.15) is 0 Å². The first-order valence-electron chi connectivity index (χ1n) is 9.31. The Labute approximate surface area is 188 Å². The van der Waals surface area contributed by atoms with Gasteiger partial charge in [0, 0.05) is 50.3 Å². The lowest BCUT2D eigenvalue weighted by Gasteiger charge is -2.36. The van der Waals surface area contributed by atoms with E-state index in [9.17, 15) is 4.79 Å². The highest BCUT2D eigenvalue weighted by Crippen LogP contribution is 2.15. The molecule has 1 saturated heterocycles. The molecule has 0 bridgehead atoms. The molecular formula is C20H28IN5OS. The van der Waals surface area contributed by atoms with Gasteiger partial charge in [0.05, 0.1) is 6.54 Å². The van der Waals surface area contributed by atoms with Crippen molar-refractivity contribution in [2.45, 2.75) is 6.42 Å². The molecule has 2 heterocycles. The second-order valence-electron chi connectivity index (χ2n) is 6.39. The molecule has 152 valence electrons. The van der Waals surface area contributed by atoms with E-state index in [4.69, 9.17) is 0 Å².